The second-order valence-electron chi connectivity index (χ2n) is 6.03. The van der Waals surface area contributed by atoms with Gasteiger partial charge in [-0.3, -0.25) is 0 Å². The minimum atomic E-state index is 0.0536. The van der Waals surface area contributed by atoms with Crippen LogP contribution in [0.5, 0.6) is 0 Å². The molecular formula is C21H13N5O. The molecule has 27 heavy (non-hydrogen) atoms. The molecule has 6 nitrogen and oxygen atoms in total. The predicted octanol–water partition coefficient (Wildman–Crippen LogP) is 4.19. The van der Waals surface area contributed by atoms with Crippen LogP contribution in [0, 0.1) is 29.6 Å². The van der Waals surface area contributed by atoms with E-state index in [1.165, 1.54) is 0 Å². The topological polar surface area (TPSA) is 113 Å². The fourth-order valence-electron chi connectivity index (χ4n) is 2.99. The van der Waals surface area contributed by atoms with Gasteiger partial charge < -0.3 is 10.2 Å². The number of nitrogen functional groups attached to an aromatic ring is 1. The summed E-state index contributed by atoms with van der Waals surface area (Å²) in [6, 6.07) is 18.9. The van der Waals surface area contributed by atoms with Crippen molar-refractivity contribution in [3.05, 3.63) is 65.5 Å². The molecule has 0 atom stereocenters. The van der Waals surface area contributed by atoms with E-state index in [9.17, 15) is 10.5 Å². The van der Waals surface area contributed by atoms with Gasteiger partial charge in [0.1, 0.15) is 23.2 Å². The summed E-state index contributed by atoms with van der Waals surface area (Å²) in [6.45, 7) is 1.84. The summed E-state index contributed by atoms with van der Waals surface area (Å²) >= 11 is 0. The van der Waals surface area contributed by atoms with Crippen molar-refractivity contribution in [3.8, 4) is 34.8 Å². The molecule has 0 unspecified atom stereocenters. The fraction of sp³-hybridized carbons (Fsp3) is 0.0476. The number of hydrogen-bond acceptors (Lipinski definition) is 6. The molecule has 0 bridgehead atoms. The van der Waals surface area contributed by atoms with Crippen molar-refractivity contribution in [2.75, 3.05) is 5.73 Å². The number of furan rings is 1. The second kappa shape index (κ2) is 6.29. The van der Waals surface area contributed by atoms with Gasteiger partial charge >= 0.3 is 0 Å². The van der Waals surface area contributed by atoms with Crippen LogP contribution in [-0.2, 0) is 0 Å². The first-order valence-corrected chi connectivity index (χ1v) is 8.18. The van der Waals surface area contributed by atoms with E-state index < -0.39 is 0 Å². The van der Waals surface area contributed by atoms with Crippen molar-refractivity contribution in [2.24, 2.45) is 0 Å². The highest BCUT2D eigenvalue weighted by Gasteiger charge is 2.18. The summed E-state index contributed by atoms with van der Waals surface area (Å²) in [5.74, 6) is 1.31. The van der Waals surface area contributed by atoms with E-state index in [1.807, 2.05) is 49.4 Å². The normalized spacial score (nSPS) is 10.5. The first kappa shape index (κ1) is 16.3. The van der Waals surface area contributed by atoms with Crippen LogP contribution in [0.15, 0.2) is 52.9 Å². The lowest BCUT2D eigenvalue weighted by Crippen LogP contribution is -2.02. The minimum Gasteiger partial charge on any atom is -0.460 e. The van der Waals surface area contributed by atoms with Gasteiger partial charge in [-0.15, -0.1) is 0 Å². The number of rotatable bonds is 2. The van der Waals surface area contributed by atoms with Crippen LogP contribution in [0.2, 0.25) is 0 Å². The molecular weight excluding hydrogens is 338 g/mol. The summed E-state index contributed by atoms with van der Waals surface area (Å²) in [5, 5.41) is 20.3. The number of benzene rings is 2. The predicted molar refractivity (Wildman–Crippen MR) is 101 cm³/mol. The van der Waals surface area contributed by atoms with E-state index >= 15 is 0 Å². The van der Waals surface area contributed by atoms with Crippen molar-refractivity contribution in [1.82, 2.24) is 9.97 Å². The van der Waals surface area contributed by atoms with Crippen molar-refractivity contribution < 1.29 is 4.42 Å². The Kier molecular flexibility index (Phi) is 3.80. The Hall–Kier alpha value is -4.16. The molecule has 2 N–H and O–H groups in total. The largest absolute Gasteiger partial charge is 0.460 e. The van der Waals surface area contributed by atoms with Gasteiger partial charge in [0.2, 0.25) is 0 Å². The van der Waals surface area contributed by atoms with E-state index in [2.05, 4.69) is 16.0 Å². The summed E-state index contributed by atoms with van der Waals surface area (Å²) in [7, 11) is 0. The molecule has 0 saturated carbocycles. The van der Waals surface area contributed by atoms with Crippen molar-refractivity contribution >= 4 is 16.6 Å². The van der Waals surface area contributed by atoms with Gasteiger partial charge in [0, 0.05) is 5.56 Å². The SMILES string of the molecule is Cc1ccc(-c2nc(N)c(C#N)nc2-c2ccc3c(C#N)cccc3c2)o1. The van der Waals surface area contributed by atoms with Gasteiger partial charge in [0.25, 0.3) is 0 Å². The van der Waals surface area contributed by atoms with Crippen molar-refractivity contribution in [3.63, 3.8) is 0 Å². The molecule has 4 rings (SSSR count). The third-order valence-corrected chi connectivity index (χ3v) is 4.28. The van der Waals surface area contributed by atoms with Gasteiger partial charge in [-0.05, 0) is 42.0 Å². The van der Waals surface area contributed by atoms with Gasteiger partial charge in [-0.2, -0.15) is 10.5 Å². The molecule has 2 aromatic heterocycles. The highest BCUT2D eigenvalue weighted by molar-refractivity contribution is 5.92. The molecule has 0 fully saturated rings. The number of hydrogen-bond donors (Lipinski definition) is 1. The lowest BCUT2D eigenvalue weighted by molar-refractivity contribution is 0.546. The first-order valence-electron chi connectivity index (χ1n) is 8.18. The highest BCUT2D eigenvalue weighted by atomic mass is 16.3. The Bertz CT molecular complexity index is 1270. The lowest BCUT2D eigenvalue weighted by Gasteiger charge is -2.10. The first-order chi connectivity index (χ1) is 13.1. The number of nitrogens with zero attached hydrogens (tertiary/aromatic N) is 4. The van der Waals surface area contributed by atoms with Crippen LogP contribution in [0.4, 0.5) is 5.82 Å². The van der Waals surface area contributed by atoms with Crippen LogP contribution in [-0.4, -0.2) is 9.97 Å². The zero-order valence-electron chi connectivity index (χ0n) is 14.4. The molecule has 128 valence electrons. The maximum atomic E-state index is 9.30. The van der Waals surface area contributed by atoms with E-state index in [-0.39, 0.29) is 11.5 Å². The third-order valence-electron chi connectivity index (χ3n) is 4.28. The molecule has 6 heteroatoms. The average molecular weight is 351 g/mol. The molecule has 0 aliphatic heterocycles. The van der Waals surface area contributed by atoms with Crippen LogP contribution in [0.3, 0.4) is 0 Å². The number of fused-ring (bicyclic) bond motifs is 1. The number of nitrogens with two attached hydrogens (primary N) is 1. The van der Waals surface area contributed by atoms with Crippen molar-refractivity contribution in [1.29, 1.82) is 10.5 Å². The van der Waals surface area contributed by atoms with E-state index in [0.29, 0.717) is 22.7 Å². The zero-order valence-corrected chi connectivity index (χ0v) is 14.4. The molecule has 0 spiro atoms. The van der Waals surface area contributed by atoms with Crippen LogP contribution in [0.1, 0.15) is 17.0 Å². The van der Waals surface area contributed by atoms with Gasteiger partial charge in [0.15, 0.2) is 17.3 Å². The second-order valence-corrected chi connectivity index (χ2v) is 6.03. The molecule has 2 aromatic carbocycles. The van der Waals surface area contributed by atoms with E-state index in [1.54, 1.807) is 12.1 Å². The van der Waals surface area contributed by atoms with Gasteiger partial charge in [0.05, 0.1) is 11.6 Å². The average Bonchev–Trinajstić information content (AvgIpc) is 3.13. The monoisotopic (exact) mass is 351 g/mol. The Labute approximate surface area is 155 Å². The summed E-state index contributed by atoms with van der Waals surface area (Å²) < 4.78 is 5.70. The molecule has 0 radical (unpaired) electrons. The standard InChI is InChI=1S/C21H13N5O/c1-12-5-8-18(27-12)20-19(25-17(11-23)21(24)26-20)14-6-7-16-13(9-14)3-2-4-15(16)10-22/h2-9H,1H3,(H2,24,26). The summed E-state index contributed by atoms with van der Waals surface area (Å²) in [5.41, 5.74) is 8.26. The molecule has 0 aliphatic rings. The zero-order chi connectivity index (χ0) is 19.0. The fourth-order valence-corrected chi connectivity index (χ4v) is 2.99. The van der Waals surface area contributed by atoms with Crippen LogP contribution in [0.25, 0.3) is 33.5 Å². The van der Waals surface area contributed by atoms with Crippen molar-refractivity contribution in [2.45, 2.75) is 6.92 Å². The Morgan fingerprint density at radius 1 is 0.963 bits per heavy atom. The molecule has 2 heterocycles. The summed E-state index contributed by atoms with van der Waals surface area (Å²) in [6.07, 6.45) is 0. The smallest absolute Gasteiger partial charge is 0.183 e. The maximum Gasteiger partial charge on any atom is 0.183 e. The lowest BCUT2D eigenvalue weighted by atomic mass is 10.00. The molecule has 0 saturated heterocycles. The number of aromatic nitrogens is 2. The number of aryl methyl sites for hydroxylation is 1. The van der Waals surface area contributed by atoms with Gasteiger partial charge in [-0.1, -0.05) is 24.3 Å². The minimum absolute atomic E-state index is 0.0536. The number of nitriles is 2. The molecule has 4 aromatic rings. The van der Waals surface area contributed by atoms with E-state index in [4.69, 9.17) is 10.2 Å². The maximum absolute atomic E-state index is 9.30. The Morgan fingerprint density at radius 2 is 1.81 bits per heavy atom. The quantitative estimate of drug-likeness (QED) is 0.579. The Morgan fingerprint density at radius 3 is 2.52 bits per heavy atom. The van der Waals surface area contributed by atoms with Crippen LogP contribution >= 0.6 is 0 Å². The molecule has 0 aliphatic carbocycles. The Balaban J connectivity index is 1.99. The van der Waals surface area contributed by atoms with Crippen LogP contribution < -0.4 is 5.73 Å². The van der Waals surface area contributed by atoms with E-state index in [0.717, 1.165) is 22.1 Å². The van der Waals surface area contributed by atoms with Gasteiger partial charge in [-0.25, -0.2) is 9.97 Å². The summed E-state index contributed by atoms with van der Waals surface area (Å²) in [4.78, 5) is 8.79. The number of anilines is 1. The molecule has 0 amide bonds. The third kappa shape index (κ3) is 2.76. The highest BCUT2D eigenvalue weighted by Crippen LogP contribution is 2.33.